The molecule has 0 bridgehead atoms. The van der Waals surface area contributed by atoms with E-state index in [0.717, 1.165) is 11.1 Å². The van der Waals surface area contributed by atoms with E-state index in [2.05, 4.69) is 11.9 Å². The SMILES string of the molecule is C=C[C@]1(NC(=O)OCc2ccccc2)CO[C@@H](OC)[C@H](CCOCc2ccccc2)[C@]1(C)O. The molecule has 33 heavy (non-hydrogen) atoms. The van der Waals surface area contributed by atoms with Crippen molar-refractivity contribution >= 4 is 6.09 Å². The maximum atomic E-state index is 12.6. The van der Waals surface area contributed by atoms with Gasteiger partial charge in [0.05, 0.1) is 18.8 Å². The number of nitrogens with one attached hydrogen (secondary N) is 1. The van der Waals surface area contributed by atoms with Gasteiger partial charge in [0.2, 0.25) is 0 Å². The van der Waals surface area contributed by atoms with Crippen molar-refractivity contribution in [3.8, 4) is 0 Å². The monoisotopic (exact) mass is 455 g/mol. The summed E-state index contributed by atoms with van der Waals surface area (Å²) in [5.74, 6) is -0.487. The van der Waals surface area contributed by atoms with Crippen LogP contribution in [0.25, 0.3) is 0 Å². The van der Waals surface area contributed by atoms with Crippen molar-refractivity contribution in [1.82, 2.24) is 5.32 Å². The highest BCUT2D eigenvalue weighted by Crippen LogP contribution is 2.41. The van der Waals surface area contributed by atoms with Gasteiger partial charge in [-0.3, -0.25) is 0 Å². The maximum absolute atomic E-state index is 12.6. The van der Waals surface area contributed by atoms with Crippen LogP contribution in [-0.4, -0.2) is 49.0 Å². The molecular formula is C26H33NO6. The predicted octanol–water partition coefficient (Wildman–Crippen LogP) is 3.81. The number of aliphatic hydroxyl groups is 1. The molecule has 1 aliphatic rings. The van der Waals surface area contributed by atoms with Crippen LogP contribution in [0.1, 0.15) is 24.5 Å². The summed E-state index contributed by atoms with van der Waals surface area (Å²) in [6.07, 6.45) is 0.628. The predicted molar refractivity (Wildman–Crippen MR) is 124 cm³/mol. The molecule has 3 rings (SSSR count). The second-order valence-corrected chi connectivity index (χ2v) is 8.36. The highest BCUT2D eigenvalue weighted by Gasteiger charge is 2.57. The average molecular weight is 456 g/mol. The Hall–Kier alpha value is -2.71. The summed E-state index contributed by atoms with van der Waals surface area (Å²) < 4.78 is 22.6. The van der Waals surface area contributed by atoms with Crippen LogP contribution in [0.4, 0.5) is 4.79 Å². The number of methoxy groups -OCH3 is 1. The first-order valence-electron chi connectivity index (χ1n) is 11.0. The van der Waals surface area contributed by atoms with Crippen molar-refractivity contribution < 1.29 is 28.8 Å². The zero-order valence-corrected chi connectivity index (χ0v) is 19.2. The van der Waals surface area contributed by atoms with E-state index in [1.54, 1.807) is 6.92 Å². The molecular weight excluding hydrogens is 422 g/mol. The molecule has 178 valence electrons. The number of amides is 1. The summed E-state index contributed by atoms with van der Waals surface area (Å²) in [4.78, 5) is 12.6. The second kappa shape index (κ2) is 11.4. The molecule has 1 aliphatic heterocycles. The molecule has 7 nitrogen and oxygen atoms in total. The van der Waals surface area contributed by atoms with E-state index in [-0.39, 0.29) is 13.2 Å². The number of carbonyl (C=O) groups excluding carboxylic acids is 1. The van der Waals surface area contributed by atoms with Gasteiger partial charge in [0.15, 0.2) is 6.29 Å². The summed E-state index contributed by atoms with van der Waals surface area (Å²) in [5, 5.41) is 14.4. The molecule has 7 heteroatoms. The van der Waals surface area contributed by atoms with Gasteiger partial charge in [-0.1, -0.05) is 66.7 Å². The van der Waals surface area contributed by atoms with Gasteiger partial charge in [0, 0.05) is 19.6 Å². The van der Waals surface area contributed by atoms with Crippen LogP contribution in [0.5, 0.6) is 0 Å². The third kappa shape index (κ3) is 6.00. The molecule has 0 radical (unpaired) electrons. The van der Waals surface area contributed by atoms with Gasteiger partial charge in [-0.15, -0.1) is 6.58 Å². The van der Waals surface area contributed by atoms with E-state index in [4.69, 9.17) is 18.9 Å². The molecule has 4 atom stereocenters. The molecule has 1 heterocycles. The van der Waals surface area contributed by atoms with E-state index in [0.29, 0.717) is 19.6 Å². The van der Waals surface area contributed by atoms with E-state index >= 15 is 0 Å². The highest BCUT2D eigenvalue weighted by molar-refractivity contribution is 5.69. The Bertz CT molecular complexity index is 888. The smallest absolute Gasteiger partial charge is 0.408 e. The van der Waals surface area contributed by atoms with Crippen LogP contribution in [0.3, 0.4) is 0 Å². The Labute approximate surface area is 195 Å². The van der Waals surface area contributed by atoms with Crippen LogP contribution < -0.4 is 5.32 Å². The van der Waals surface area contributed by atoms with Crippen molar-refractivity contribution in [2.24, 2.45) is 5.92 Å². The van der Waals surface area contributed by atoms with Crippen molar-refractivity contribution in [3.63, 3.8) is 0 Å². The minimum absolute atomic E-state index is 0.0101. The van der Waals surface area contributed by atoms with Gasteiger partial charge < -0.3 is 29.4 Å². The average Bonchev–Trinajstić information content (AvgIpc) is 2.83. The van der Waals surface area contributed by atoms with E-state index in [1.807, 2.05) is 60.7 Å². The molecule has 1 saturated heterocycles. The van der Waals surface area contributed by atoms with Crippen molar-refractivity contribution in [1.29, 1.82) is 0 Å². The molecule has 0 aromatic heterocycles. The summed E-state index contributed by atoms with van der Waals surface area (Å²) >= 11 is 0. The fraction of sp³-hybridized carbons (Fsp3) is 0.423. The van der Waals surface area contributed by atoms with Crippen molar-refractivity contribution in [3.05, 3.63) is 84.4 Å². The van der Waals surface area contributed by atoms with Crippen molar-refractivity contribution in [2.45, 2.75) is 44.0 Å². The minimum Gasteiger partial charge on any atom is -0.445 e. The van der Waals surface area contributed by atoms with Gasteiger partial charge in [-0.2, -0.15) is 0 Å². The zero-order chi connectivity index (χ0) is 23.7. The molecule has 1 fully saturated rings. The Morgan fingerprint density at radius 3 is 2.33 bits per heavy atom. The van der Waals surface area contributed by atoms with Gasteiger partial charge in [0.25, 0.3) is 0 Å². The summed E-state index contributed by atoms with van der Waals surface area (Å²) in [5.41, 5.74) is -0.773. The molecule has 2 aromatic rings. The van der Waals surface area contributed by atoms with Gasteiger partial charge in [-0.25, -0.2) is 4.79 Å². The molecule has 1 amide bonds. The van der Waals surface area contributed by atoms with E-state index < -0.39 is 29.4 Å². The third-order valence-electron chi connectivity index (χ3n) is 6.23. The number of alkyl carbamates (subject to hydrolysis) is 1. The normalized spacial score (nSPS) is 27.0. The summed E-state index contributed by atoms with van der Waals surface area (Å²) in [6.45, 7) is 6.46. The number of rotatable bonds is 10. The van der Waals surface area contributed by atoms with Crippen LogP contribution in [0.2, 0.25) is 0 Å². The fourth-order valence-corrected chi connectivity index (χ4v) is 4.12. The Morgan fingerprint density at radius 1 is 1.15 bits per heavy atom. The summed E-state index contributed by atoms with van der Waals surface area (Å²) in [6, 6.07) is 19.2. The number of benzene rings is 2. The highest BCUT2D eigenvalue weighted by atomic mass is 16.7. The zero-order valence-electron chi connectivity index (χ0n) is 19.2. The number of ether oxygens (including phenoxy) is 4. The Kier molecular flexibility index (Phi) is 8.63. The van der Waals surface area contributed by atoms with Gasteiger partial charge in [-0.05, 0) is 24.5 Å². The van der Waals surface area contributed by atoms with Crippen LogP contribution in [0, 0.1) is 5.92 Å². The maximum Gasteiger partial charge on any atom is 0.408 e. The number of carbonyl (C=O) groups is 1. The van der Waals surface area contributed by atoms with Crippen LogP contribution >= 0.6 is 0 Å². The first-order valence-corrected chi connectivity index (χ1v) is 11.0. The Balaban J connectivity index is 1.64. The standard InChI is InChI=1S/C26H33NO6/c1-4-26(27-24(28)32-18-21-13-9-6-10-14-21)19-33-23(30-3)22(25(26,2)29)15-16-31-17-20-11-7-5-8-12-20/h4-14,22-23,29H,1,15-19H2,2-3H3,(H,27,28)/t22-,23+,25-,26-/m0/s1. The van der Waals surface area contributed by atoms with E-state index in [1.165, 1.54) is 13.2 Å². The minimum atomic E-state index is -1.43. The number of hydrogen-bond donors (Lipinski definition) is 2. The summed E-state index contributed by atoms with van der Waals surface area (Å²) in [7, 11) is 1.53. The van der Waals surface area contributed by atoms with E-state index in [9.17, 15) is 9.90 Å². The van der Waals surface area contributed by atoms with Crippen molar-refractivity contribution in [2.75, 3.05) is 20.3 Å². The van der Waals surface area contributed by atoms with Crippen LogP contribution in [-0.2, 0) is 32.2 Å². The quantitative estimate of drug-likeness (QED) is 0.419. The lowest BCUT2D eigenvalue weighted by molar-refractivity contribution is -0.264. The molecule has 2 N–H and O–H groups in total. The lowest BCUT2D eigenvalue weighted by Gasteiger charge is -2.53. The third-order valence-corrected chi connectivity index (χ3v) is 6.23. The molecule has 2 aromatic carbocycles. The number of hydrogen-bond acceptors (Lipinski definition) is 6. The first-order chi connectivity index (χ1) is 15.9. The molecule has 0 unspecified atom stereocenters. The molecule has 0 saturated carbocycles. The first kappa shape index (κ1) is 24.9. The second-order valence-electron chi connectivity index (χ2n) is 8.36. The van der Waals surface area contributed by atoms with Gasteiger partial charge in [0.1, 0.15) is 12.1 Å². The van der Waals surface area contributed by atoms with Gasteiger partial charge >= 0.3 is 6.09 Å². The Morgan fingerprint density at radius 2 is 1.76 bits per heavy atom. The fourth-order valence-electron chi connectivity index (χ4n) is 4.12. The largest absolute Gasteiger partial charge is 0.445 e. The topological polar surface area (TPSA) is 86.3 Å². The molecule has 0 spiro atoms. The lowest BCUT2D eigenvalue weighted by atomic mass is 9.69. The molecule has 0 aliphatic carbocycles. The lowest BCUT2D eigenvalue weighted by Crippen LogP contribution is -2.72. The van der Waals surface area contributed by atoms with Crippen LogP contribution in [0.15, 0.2) is 73.3 Å².